The van der Waals surface area contributed by atoms with Gasteiger partial charge in [0, 0.05) is 0 Å². The summed E-state index contributed by atoms with van der Waals surface area (Å²) in [6.07, 6.45) is -1.44. The van der Waals surface area contributed by atoms with Crippen molar-refractivity contribution in [2.24, 2.45) is 0 Å². The largest absolute Gasteiger partial charge is 0.512 e. The van der Waals surface area contributed by atoms with E-state index in [2.05, 4.69) is 14.7 Å². The summed E-state index contributed by atoms with van der Waals surface area (Å²) in [7, 11) is 0. The number of ether oxygens (including phenoxy) is 2. The number of hydrogen-bond donors (Lipinski definition) is 1. The van der Waals surface area contributed by atoms with Crippen LogP contribution < -0.4 is 9.47 Å². The van der Waals surface area contributed by atoms with Crippen molar-refractivity contribution in [3.05, 3.63) is 11.4 Å². The predicted molar refractivity (Wildman–Crippen MR) is 57.2 cm³/mol. The highest BCUT2D eigenvalue weighted by molar-refractivity contribution is 7.16. The number of carbonyl (C=O) groups is 1. The van der Waals surface area contributed by atoms with Crippen molar-refractivity contribution in [1.82, 2.24) is 9.97 Å². The maximum atomic E-state index is 10.5. The topological polar surface area (TPSA) is 81.5 Å². The van der Waals surface area contributed by atoms with Gasteiger partial charge < -0.3 is 14.6 Å². The molecule has 84 valence electrons. The van der Waals surface area contributed by atoms with Crippen LogP contribution >= 0.6 is 11.3 Å². The van der Waals surface area contributed by atoms with Gasteiger partial charge in [0.25, 0.3) is 11.8 Å². The van der Waals surface area contributed by atoms with E-state index in [0.717, 1.165) is 0 Å². The number of carboxylic acid groups (broad SMARTS) is 1. The summed E-state index contributed by atoms with van der Waals surface area (Å²) in [5.41, 5.74) is 0.588. The van der Waals surface area contributed by atoms with Gasteiger partial charge in [0.15, 0.2) is 0 Å². The van der Waals surface area contributed by atoms with Crippen molar-refractivity contribution in [3.63, 3.8) is 0 Å². The Balaban J connectivity index is 2.48. The highest BCUT2D eigenvalue weighted by Crippen LogP contribution is 2.28. The summed E-state index contributed by atoms with van der Waals surface area (Å²) in [5.74, 6) is -0.0277. The van der Waals surface area contributed by atoms with E-state index < -0.39 is 6.16 Å². The molecule has 2 heterocycles. The Morgan fingerprint density at radius 2 is 2.31 bits per heavy atom. The molecule has 6 nitrogen and oxygen atoms in total. The minimum Gasteiger partial charge on any atom is -0.474 e. The molecular weight excluding hydrogens is 232 g/mol. The smallest absolute Gasteiger partial charge is 0.474 e. The molecule has 0 bridgehead atoms. The van der Waals surface area contributed by atoms with Crippen molar-refractivity contribution in [3.8, 4) is 11.8 Å². The van der Waals surface area contributed by atoms with E-state index in [-0.39, 0.29) is 11.8 Å². The maximum absolute atomic E-state index is 10.5. The minimum atomic E-state index is -1.44. The summed E-state index contributed by atoms with van der Waals surface area (Å²) in [4.78, 5) is 19.3. The molecule has 1 N–H and O–H groups in total. The number of nitrogens with zero attached hydrogens (tertiary/aromatic N) is 2. The molecule has 0 aliphatic heterocycles. The van der Waals surface area contributed by atoms with E-state index in [1.165, 1.54) is 11.3 Å². The summed E-state index contributed by atoms with van der Waals surface area (Å²) in [6.45, 7) is 2.13. The number of aromatic nitrogens is 2. The molecule has 0 atom stereocenters. The van der Waals surface area contributed by atoms with Gasteiger partial charge in [-0.1, -0.05) is 0 Å². The molecule has 2 aromatic heterocycles. The van der Waals surface area contributed by atoms with Gasteiger partial charge >= 0.3 is 6.16 Å². The third-order valence-corrected chi connectivity index (χ3v) is 2.49. The molecule has 16 heavy (non-hydrogen) atoms. The second-order valence-electron chi connectivity index (χ2n) is 2.75. The summed E-state index contributed by atoms with van der Waals surface area (Å²) < 4.78 is 9.66. The molecule has 0 spiro atoms. The summed E-state index contributed by atoms with van der Waals surface area (Å²) in [5, 5.41) is 10.3. The Labute approximate surface area is 94.5 Å². The van der Waals surface area contributed by atoms with Gasteiger partial charge in [-0.05, 0) is 18.4 Å². The summed E-state index contributed by atoms with van der Waals surface area (Å²) >= 11 is 1.40. The fraction of sp³-hybridized carbons (Fsp3) is 0.222. The lowest BCUT2D eigenvalue weighted by atomic mass is 10.5. The molecule has 0 amide bonds. The highest BCUT2D eigenvalue weighted by atomic mass is 32.1. The van der Waals surface area contributed by atoms with E-state index in [0.29, 0.717) is 17.0 Å². The lowest BCUT2D eigenvalue weighted by Crippen LogP contribution is -2.08. The van der Waals surface area contributed by atoms with Crippen LogP contribution in [-0.2, 0) is 0 Å². The van der Waals surface area contributed by atoms with Crippen molar-refractivity contribution in [2.45, 2.75) is 6.92 Å². The van der Waals surface area contributed by atoms with Crippen LogP contribution in [0.25, 0.3) is 10.3 Å². The number of hydrogen-bond acceptors (Lipinski definition) is 6. The van der Waals surface area contributed by atoms with Crippen LogP contribution in [0.2, 0.25) is 0 Å². The van der Waals surface area contributed by atoms with Crippen LogP contribution in [-0.4, -0.2) is 27.8 Å². The molecule has 0 fully saturated rings. The molecule has 0 saturated heterocycles. The third kappa shape index (κ3) is 2.03. The first kappa shape index (κ1) is 10.6. The van der Waals surface area contributed by atoms with Crippen LogP contribution in [0.1, 0.15) is 6.92 Å². The molecule has 0 saturated carbocycles. The van der Waals surface area contributed by atoms with Crippen LogP contribution in [0, 0.1) is 0 Å². The van der Waals surface area contributed by atoms with Gasteiger partial charge in [-0.15, -0.1) is 11.3 Å². The molecule has 7 heteroatoms. The fourth-order valence-corrected chi connectivity index (χ4v) is 1.84. The number of fused-ring (bicyclic) bond motifs is 1. The van der Waals surface area contributed by atoms with Crippen LogP contribution in [0.5, 0.6) is 11.8 Å². The van der Waals surface area contributed by atoms with Gasteiger partial charge in [-0.3, -0.25) is 0 Å². The van der Waals surface area contributed by atoms with E-state index in [9.17, 15) is 4.79 Å². The zero-order valence-electron chi connectivity index (χ0n) is 8.34. The van der Waals surface area contributed by atoms with Crippen LogP contribution in [0.4, 0.5) is 4.79 Å². The Hall–Kier alpha value is -1.89. The van der Waals surface area contributed by atoms with Crippen molar-refractivity contribution in [2.75, 3.05) is 6.61 Å². The SMILES string of the molecule is CCOc1nc2sccc2nc1OC(=O)O. The average molecular weight is 240 g/mol. The van der Waals surface area contributed by atoms with E-state index in [1.807, 2.05) is 5.38 Å². The molecule has 0 radical (unpaired) electrons. The van der Waals surface area contributed by atoms with E-state index >= 15 is 0 Å². The minimum absolute atomic E-state index is 0.0971. The quantitative estimate of drug-likeness (QED) is 0.828. The predicted octanol–water partition coefficient (Wildman–Crippen LogP) is 2.15. The Kier molecular flexibility index (Phi) is 2.86. The highest BCUT2D eigenvalue weighted by Gasteiger charge is 2.15. The molecule has 2 aromatic rings. The lowest BCUT2D eigenvalue weighted by molar-refractivity contribution is 0.139. The maximum Gasteiger partial charge on any atom is 0.512 e. The number of rotatable bonds is 3. The standard InChI is InChI=1S/C9H8N2O4S/c1-2-14-6-7(15-9(12)13)10-5-3-4-16-8(5)11-6/h3-4H,2H2,1H3,(H,12,13). The Morgan fingerprint density at radius 3 is 3.00 bits per heavy atom. The summed E-state index contributed by atoms with van der Waals surface area (Å²) in [6, 6.07) is 1.73. The van der Waals surface area contributed by atoms with Crippen LogP contribution in [0.15, 0.2) is 11.4 Å². The first-order valence-electron chi connectivity index (χ1n) is 4.49. The zero-order valence-corrected chi connectivity index (χ0v) is 9.15. The van der Waals surface area contributed by atoms with Crippen molar-refractivity contribution < 1.29 is 19.4 Å². The Bertz CT molecular complexity index is 525. The van der Waals surface area contributed by atoms with E-state index in [1.54, 1.807) is 13.0 Å². The van der Waals surface area contributed by atoms with Gasteiger partial charge in [-0.25, -0.2) is 9.78 Å². The van der Waals surface area contributed by atoms with Gasteiger partial charge in [-0.2, -0.15) is 4.98 Å². The molecular formula is C9H8N2O4S. The van der Waals surface area contributed by atoms with Gasteiger partial charge in [0.2, 0.25) is 0 Å². The monoisotopic (exact) mass is 240 g/mol. The molecule has 0 aromatic carbocycles. The molecule has 2 rings (SSSR count). The molecule has 0 aliphatic rings. The lowest BCUT2D eigenvalue weighted by Gasteiger charge is -2.06. The van der Waals surface area contributed by atoms with Gasteiger partial charge in [0.05, 0.1) is 6.61 Å². The van der Waals surface area contributed by atoms with Gasteiger partial charge in [0.1, 0.15) is 10.3 Å². The first-order valence-corrected chi connectivity index (χ1v) is 5.37. The Morgan fingerprint density at radius 1 is 1.50 bits per heavy atom. The second kappa shape index (κ2) is 4.31. The fourth-order valence-electron chi connectivity index (χ4n) is 1.14. The zero-order chi connectivity index (χ0) is 11.5. The average Bonchev–Trinajstić information content (AvgIpc) is 2.64. The third-order valence-electron chi connectivity index (χ3n) is 1.70. The van der Waals surface area contributed by atoms with Crippen molar-refractivity contribution >= 4 is 27.8 Å². The molecule has 0 aliphatic carbocycles. The van der Waals surface area contributed by atoms with Crippen LogP contribution in [0.3, 0.4) is 0 Å². The van der Waals surface area contributed by atoms with E-state index in [4.69, 9.17) is 9.84 Å². The number of thiophene rings is 1. The second-order valence-corrected chi connectivity index (χ2v) is 3.64. The normalized spacial score (nSPS) is 10.3. The first-order chi connectivity index (χ1) is 7.70. The molecule has 0 unspecified atom stereocenters. The van der Waals surface area contributed by atoms with Crippen molar-refractivity contribution in [1.29, 1.82) is 0 Å².